The van der Waals surface area contributed by atoms with Crippen molar-refractivity contribution in [1.29, 1.82) is 0 Å². The van der Waals surface area contributed by atoms with Crippen molar-refractivity contribution in [3.63, 3.8) is 0 Å². The predicted octanol–water partition coefficient (Wildman–Crippen LogP) is 3.08. The lowest BCUT2D eigenvalue weighted by molar-refractivity contribution is -0.116. The second-order valence-corrected chi connectivity index (χ2v) is 8.08. The zero-order valence-corrected chi connectivity index (χ0v) is 16.3. The molecule has 1 N–H and O–H groups in total. The van der Waals surface area contributed by atoms with Crippen molar-refractivity contribution in [2.24, 2.45) is 0 Å². The second kappa shape index (κ2) is 8.20. The molecule has 0 atom stereocenters. The molecule has 3 amide bonds. The lowest BCUT2D eigenvalue weighted by Gasteiger charge is -2.43. The number of nitrogens with one attached hydrogen (secondary N) is 1. The molecule has 0 aliphatic carbocycles. The first kappa shape index (κ1) is 18.9. The number of unbranched alkanes of at least 4 members (excludes halogenated alkanes) is 1. The number of methoxy groups -OCH3 is 1. The van der Waals surface area contributed by atoms with E-state index in [1.54, 1.807) is 18.9 Å². The van der Waals surface area contributed by atoms with Gasteiger partial charge in [0.05, 0.1) is 17.7 Å². The number of rotatable bonds is 5. The van der Waals surface area contributed by atoms with E-state index in [0.29, 0.717) is 18.8 Å². The molecule has 1 aromatic rings. The molecule has 0 bridgehead atoms. The number of urea groups is 1. The number of nitrogens with zero attached hydrogens (tertiary/aromatic N) is 2. The Labute approximate surface area is 159 Å². The fourth-order valence-corrected chi connectivity index (χ4v) is 4.92. The molecule has 142 valence electrons. The van der Waals surface area contributed by atoms with Gasteiger partial charge in [-0.2, -0.15) is 0 Å². The zero-order valence-electron chi connectivity index (χ0n) is 15.5. The minimum atomic E-state index is -0.260. The van der Waals surface area contributed by atoms with E-state index < -0.39 is 0 Å². The van der Waals surface area contributed by atoms with E-state index >= 15 is 0 Å². The first-order valence-electron chi connectivity index (χ1n) is 9.23. The van der Waals surface area contributed by atoms with E-state index in [9.17, 15) is 9.59 Å². The SMILES string of the molecule is CCCCNC(=O)N1CCC2(CC1)SCC(=O)N2c1cccc(OC)c1. The van der Waals surface area contributed by atoms with Crippen LogP contribution in [-0.2, 0) is 4.79 Å². The summed E-state index contributed by atoms with van der Waals surface area (Å²) in [4.78, 5) is 28.4. The maximum Gasteiger partial charge on any atom is 0.317 e. The van der Waals surface area contributed by atoms with Crippen molar-refractivity contribution in [2.45, 2.75) is 37.5 Å². The molecule has 2 aliphatic heterocycles. The van der Waals surface area contributed by atoms with Crippen LogP contribution in [0.2, 0.25) is 0 Å². The van der Waals surface area contributed by atoms with Gasteiger partial charge in [-0.15, -0.1) is 11.8 Å². The van der Waals surface area contributed by atoms with Crippen LogP contribution in [0.1, 0.15) is 32.6 Å². The number of thioether (sulfide) groups is 1. The Kier molecular flexibility index (Phi) is 5.96. The molecule has 6 nitrogen and oxygen atoms in total. The number of ether oxygens (including phenoxy) is 1. The van der Waals surface area contributed by atoms with Gasteiger partial charge < -0.3 is 15.0 Å². The molecule has 0 saturated carbocycles. The largest absolute Gasteiger partial charge is 0.497 e. The van der Waals surface area contributed by atoms with Gasteiger partial charge >= 0.3 is 6.03 Å². The van der Waals surface area contributed by atoms with Gasteiger partial charge in [0.15, 0.2) is 0 Å². The molecule has 2 fully saturated rings. The number of hydrogen-bond acceptors (Lipinski definition) is 4. The van der Waals surface area contributed by atoms with E-state index in [0.717, 1.165) is 43.7 Å². The molecular formula is C19H27N3O3S. The van der Waals surface area contributed by atoms with Crippen LogP contribution in [-0.4, -0.2) is 54.2 Å². The standard InChI is InChI=1S/C19H27N3O3S/c1-3-4-10-20-18(24)21-11-8-19(9-12-21)22(17(23)14-26-19)15-6-5-7-16(13-15)25-2/h5-7,13H,3-4,8-12,14H2,1-2H3,(H,20,24). The summed E-state index contributed by atoms with van der Waals surface area (Å²) in [6.45, 7) is 4.16. The first-order valence-corrected chi connectivity index (χ1v) is 10.2. The lowest BCUT2D eigenvalue weighted by atomic mass is 10.0. The van der Waals surface area contributed by atoms with Gasteiger partial charge in [-0.25, -0.2) is 4.79 Å². The van der Waals surface area contributed by atoms with Crippen molar-refractivity contribution in [1.82, 2.24) is 10.2 Å². The number of piperidine rings is 1. The molecule has 2 saturated heterocycles. The lowest BCUT2D eigenvalue weighted by Crippen LogP contribution is -2.54. The summed E-state index contributed by atoms with van der Waals surface area (Å²) in [6, 6.07) is 7.67. The number of amides is 3. The molecule has 7 heteroatoms. The first-order chi connectivity index (χ1) is 12.6. The van der Waals surface area contributed by atoms with Gasteiger partial charge in [-0.3, -0.25) is 9.69 Å². The Hall–Kier alpha value is -1.89. The quantitative estimate of drug-likeness (QED) is 0.801. The van der Waals surface area contributed by atoms with Gasteiger partial charge in [-0.1, -0.05) is 19.4 Å². The van der Waals surface area contributed by atoms with Gasteiger partial charge in [0.25, 0.3) is 0 Å². The minimum Gasteiger partial charge on any atom is -0.497 e. The summed E-state index contributed by atoms with van der Waals surface area (Å²) in [6.07, 6.45) is 3.62. The second-order valence-electron chi connectivity index (χ2n) is 6.74. The molecule has 0 aromatic heterocycles. The van der Waals surface area contributed by atoms with Crippen LogP contribution in [0.5, 0.6) is 5.75 Å². The van der Waals surface area contributed by atoms with Crippen molar-refractivity contribution in [3.8, 4) is 5.75 Å². The Morgan fingerprint density at radius 3 is 2.81 bits per heavy atom. The average molecular weight is 378 g/mol. The summed E-state index contributed by atoms with van der Waals surface area (Å²) >= 11 is 1.70. The third kappa shape index (κ3) is 3.77. The van der Waals surface area contributed by atoms with Gasteiger partial charge in [-0.05, 0) is 31.4 Å². The van der Waals surface area contributed by atoms with Crippen molar-refractivity contribution >= 4 is 29.4 Å². The van der Waals surface area contributed by atoms with Crippen LogP contribution in [0, 0.1) is 0 Å². The molecule has 1 aromatic carbocycles. The highest BCUT2D eigenvalue weighted by Crippen LogP contribution is 2.47. The number of benzene rings is 1. The van der Waals surface area contributed by atoms with Gasteiger partial charge in [0, 0.05) is 31.4 Å². The van der Waals surface area contributed by atoms with Gasteiger partial charge in [0.2, 0.25) is 5.91 Å². The highest BCUT2D eigenvalue weighted by atomic mass is 32.2. The van der Waals surface area contributed by atoms with E-state index in [1.165, 1.54) is 0 Å². The van der Waals surface area contributed by atoms with E-state index in [1.807, 2.05) is 34.1 Å². The predicted molar refractivity (Wildman–Crippen MR) is 105 cm³/mol. The normalized spacial score (nSPS) is 19.1. The van der Waals surface area contributed by atoms with Crippen LogP contribution in [0.25, 0.3) is 0 Å². The number of carbonyl (C=O) groups is 2. The monoisotopic (exact) mass is 377 g/mol. The Bertz CT molecular complexity index is 659. The van der Waals surface area contributed by atoms with Crippen molar-refractivity contribution < 1.29 is 14.3 Å². The maximum atomic E-state index is 12.6. The van der Waals surface area contributed by atoms with E-state index in [-0.39, 0.29) is 16.8 Å². The molecule has 26 heavy (non-hydrogen) atoms. The summed E-state index contributed by atoms with van der Waals surface area (Å²) in [5.74, 6) is 1.36. The average Bonchev–Trinajstić information content (AvgIpc) is 2.98. The Balaban J connectivity index is 1.70. The Morgan fingerprint density at radius 2 is 2.12 bits per heavy atom. The number of anilines is 1. The molecule has 3 rings (SSSR count). The zero-order chi connectivity index (χ0) is 18.6. The fourth-order valence-electron chi connectivity index (χ4n) is 3.59. The third-order valence-electron chi connectivity index (χ3n) is 5.07. The van der Waals surface area contributed by atoms with E-state index in [4.69, 9.17) is 4.74 Å². The summed E-state index contributed by atoms with van der Waals surface area (Å²) in [7, 11) is 1.63. The summed E-state index contributed by atoms with van der Waals surface area (Å²) in [5, 5.41) is 2.98. The smallest absolute Gasteiger partial charge is 0.317 e. The van der Waals surface area contributed by atoms with Gasteiger partial charge in [0.1, 0.15) is 5.75 Å². The molecule has 2 aliphatic rings. The number of likely N-dealkylation sites (tertiary alicyclic amines) is 1. The molecule has 0 unspecified atom stereocenters. The maximum absolute atomic E-state index is 12.6. The summed E-state index contributed by atoms with van der Waals surface area (Å²) in [5.41, 5.74) is 0.875. The number of carbonyl (C=O) groups excluding carboxylic acids is 2. The topological polar surface area (TPSA) is 61.9 Å². The van der Waals surface area contributed by atoms with Crippen LogP contribution in [0.3, 0.4) is 0 Å². The van der Waals surface area contributed by atoms with Crippen molar-refractivity contribution in [2.75, 3.05) is 37.4 Å². The molecular weight excluding hydrogens is 350 g/mol. The van der Waals surface area contributed by atoms with Crippen LogP contribution < -0.4 is 15.0 Å². The minimum absolute atomic E-state index is 0.00977. The fraction of sp³-hybridized carbons (Fsp3) is 0.579. The van der Waals surface area contributed by atoms with E-state index in [2.05, 4.69) is 12.2 Å². The molecule has 1 spiro atoms. The highest BCUT2D eigenvalue weighted by Gasteiger charge is 2.49. The van der Waals surface area contributed by atoms with Crippen molar-refractivity contribution in [3.05, 3.63) is 24.3 Å². The van der Waals surface area contributed by atoms with Crippen LogP contribution in [0.15, 0.2) is 24.3 Å². The van der Waals surface area contributed by atoms with Crippen LogP contribution >= 0.6 is 11.8 Å². The Morgan fingerprint density at radius 1 is 1.35 bits per heavy atom. The molecule has 2 heterocycles. The highest BCUT2D eigenvalue weighted by molar-refractivity contribution is 8.02. The number of hydrogen-bond donors (Lipinski definition) is 1. The van der Waals surface area contributed by atoms with Crippen LogP contribution in [0.4, 0.5) is 10.5 Å². The third-order valence-corrected chi connectivity index (χ3v) is 6.59. The summed E-state index contributed by atoms with van der Waals surface area (Å²) < 4.78 is 5.31. The molecule has 0 radical (unpaired) electrons.